The van der Waals surface area contributed by atoms with Gasteiger partial charge in [0.1, 0.15) is 6.10 Å². The van der Waals surface area contributed by atoms with Gasteiger partial charge < -0.3 is 9.64 Å². The first-order chi connectivity index (χ1) is 18.5. The molecule has 0 spiro atoms. The number of nitrogens with zero attached hydrogens (tertiary/aromatic N) is 2. The largest absolute Gasteiger partial charge is 0.460 e. The van der Waals surface area contributed by atoms with Crippen LogP contribution in [-0.4, -0.2) is 52.2 Å². The van der Waals surface area contributed by atoms with Gasteiger partial charge in [-0.1, -0.05) is 42.8 Å². The Balaban J connectivity index is 1.58. The number of allylic oxidation sites excluding steroid dienone is 2. The smallest absolute Gasteiger partial charge is 0.306 e. The van der Waals surface area contributed by atoms with Crippen LogP contribution in [0.5, 0.6) is 0 Å². The Bertz CT molecular complexity index is 1010. The first-order valence-electron chi connectivity index (χ1n) is 13.4. The number of hydrazone groups is 1. The van der Waals surface area contributed by atoms with Gasteiger partial charge in [0.2, 0.25) is 17.7 Å². The second-order valence-electron chi connectivity index (χ2n) is 9.73. The van der Waals surface area contributed by atoms with Crippen LogP contribution < -0.4 is 10.9 Å². The second kappa shape index (κ2) is 15.7. The van der Waals surface area contributed by atoms with Crippen molar-refractivity contribution in [1.82, 2.24) is 15.8 Å². The third-order valence-corrected chi connectivity index (χ3v) is 6.80. The Morgan fingerprint density at radius 1 is 1.00 bits per heavy atom. The van der Waals surface area contributed by atoms with Crippen molar-refractivity contribution in [1.29, 1.82) is 0 Å². The van der Waals surface area contributed by atoms with Gasteiger partial charge in [0.05, 0.1) is 12.3 Å². The standard InChI is InChI=1S/C28H38N4O6/c33-25(11-7-8-12-26(34)31-37)30-29-19-21-15-17-22(18-16-21)20-32-23-9-5-6-10-24(23)38-28(36)14-4-2-1-3-13-27(32)35/h1-2,15-19,23-24,37H,3-14,20H2,(H,30,33)(H,31,34)/b2-1+,29-19+/t23-,24-/m1/s1. The van der Waals surface area contributed by atoms with Gasteiger partial charge >= 0.3 is 5.97 Å². The Kier molecular flexibility index (Phi) is 12.0. The van der Waals surface area contributed by atoms with Crippen LogP contribution in [0.25, 0.3) is 0 Å². The number of amides is 3. The number of carbonyl (C=O) groups is 4. The fourth-order valence-corrected chi connectivity index (χ4v) is 4.74. The molecule has 1 aromatic carbocycles. The van der Waals surface area contributed by atoms with Gasteiger partial charge in [0.25, 0.3) is 0 Å². The predicted molar refractivity (Wildman–Crippen MR) is 141 cm³/mol. The highest BCUT2D eigenvalue weighted by Crippen LogP contribution is 2.28. The monoisotopic (exact) mass is 526 g/mol. The van der Waals surface area contributed by atoms with Crippen LogP contribution in [0.2, 0.25) is 0 Å². The number of hydrogen-bond donors (Lipinski definition) is 3. The number of rotatable bonds is 9. The summed E-state index contributed by atoms with van der Waals surface area (Å²) in [4.78, 5) is 50.3. The fourth-order valence-electron chi connectivity index (χ4n) is 4.74. The highest BCUT2D eigenvalue weighted by atomic mass is 16.5. The molecule has 38 heavy (non-hydrogen) atoms. The third-order valence-electron chi connectivity index (χ3n) is 6.80. The van der Waals surface area contributed by atoms with Gasteiger partial charge in [-0.15, -0.1) is 0 Å². The van der Waals surface area contributed by atoms with Gasteiger partial charge in [0.15, 0.2) is 0 Å². The Hall–Kier alpha value is -3.53. The number of benzene rings is 1. The molecule has 206 valence electrons. The van der Waals surface area contributed by atoms with E-state index in [-0.39, 0.29) is 42.8 Å². The number of carbonyl (C=O) groups excluding carboxylic acids is 4. The molecule has 10 nitrogen and oxygen atoms in total. The average molecular weight is 527 g/mol. The van der Waals surface area contributed by atoms with E-state index >= 15 is 0 Å². The van der Waals surface area contributed by atoms with E-state index in [1.165, 1.54) is 0 Å². The summed E-state index contributed by atoms with van der Waals surface area (Å²) in [6.45, 7) is 0.434. The van der Waals surface area contributed by atoms with E-state index < -0.39 is 5.91 Å². The zero-order valence-corrected chi connectivity index (χ0v) is 21.8. The normalized spacial score (nSPS) is 21.6. The van der Waals surface area contributed by atoms with Gasteiger partial charge in [-0.2, -0.15) is 5.10 Å². The summed E-state index contributed by atoms with van der Waals surface area (Å²) in [5.74, 6) is -0.870. The van der Waals surface area contributed by atoms with E-state index in [0.29, 0.717) is 45.1 Å². The lowest BCUT2D eigenvalue weighted by molar-refractivity contribution is -0.159. The van der Waals surface area contributed by atoms with Crippen LogP contribution >= 0.6 is 0 Å². The first kappa shape index (κ1) is 29.0. The number of fused-ring (bicyclic) bond motifs is 1. The first-order valence-corrected chi connectivity index (χ1v) is 13.4. The van der Waals surface area contributed by atoms with Crippen molar-refractivity contribution >= 4 is 29.9 Å². The molecule has 3 N–H and O–H groups in total. The minimum absolute atomic E-state index is 0.0634. The Morgan fingerprint density at radius 3 is 2.42 bits per heavy atom. The molecule has 1 aromatic rings. The van der Waals surface area contributed by atoms with E-state index in [0.717, 1.165) is 36.8 Å². The molecule has 1 heterocycles. The highest BCUT2D eigenvalue weighted by molar-refractivity contribution is 5.82. The molecule has 1 saturated carbocycles. The van der Waals surface area contributed by atoms with Gasteiger partial charge in [-0.05, 0) is 56.1 Å². The van der Waals surface area contributed by atoms with Crippen molar-refractivity contribution in [3.05, 3.63) is 47.5 Å². The van der Waals surface area contributed by atoms with E-state index in [1.807, 2.05) is 41.3 Å². The molecule has 2 atom stereocenters. The molecular weight excluding hydrogens is 488 g/mol. The Morgan fingerprint density at radius 2 is 1.68 bits per heavy atom. The fraction of sp³-hybridized carbons (Fsp3) is 0.536. The van der Waals surface area contributed by atoms with E-state index in [4.69, 9.17) is 9.94 Å². The van der Waals surface area contributed by atoms with Crippen LogP contribution in [0, 0.1) is 0 Å². The quantitative estimate of drug-likeness (QED) is 0.112. The molecule has 2 aliphatic rings. The van der Waals surface area contributed by atoms with E-state index in [9.17, 15) is 19.2 Å². The van der Waals surface area contributed by atoms with Crippen LogP contribution in [0.1, 0.15) is 88.2 Å². The topological polar surface area (TPSA) is 137 Å². The molecular formula is C28H38N4O6. The summed E-state index contributed by atoms with van der Waals surface area (Å²) in [5.41, 5.74) is 5.79. The number of hydrogen-bond acceptors (Lipinski definition) is 7. The number of hydroxylamine groups is 1. The van der Waals surface area contributed by atoms with Gasteiger partial charge in [-0.25, -0.2) is 10.9 Å². The molecule has 0 unspecified atom stereocenters. The van der Waals surface area contributed by atoms with Crippen LogP contribution in [0.3, 0.4) is 0 Å². The van der Waals surface area contributed by atoms with Crippen LogP contribution in [0.4, 0.5) is 0 Å². The molecule has 0 saturated heterocycles. The second-order valence-corrected chi connectivity index (χ2v) is 9.73. The van der Waals surface area contributed by atoms with Crippen molar-refractivity contribution in [2.75, 3.05) is 0 Å². The summed E-state index contributed by atoms with van der Waals surface area (Å²) in [6.07, 6.45) is 12.2. The van der Waals surface area contributed by atoms with Gasteiger partial charge in [0, 0.05) is 32.2 Å². The molecule has 0 radical (unpaired) electrons. The summed E-state index contributed by atoms with van der Waals surface area (Å²) in [5, 5.41) is 12.4. The van der Waals surface area contributed by atoms with Crippen molar-refractivity contribution in [2.24, 2.45) is 5.10 Å². The number of unbranched alkanes of at least 4 members (excludes halogenated alkanes) is 1. The average Bonchev–Trinajstić information content (AvgIpc) is 2.92. The molecule has 3 amide bonds. The zero-order valence-electron chi connectivity index (χ0n) is 21.8. The van der Waals surface area contributed by atoms with Crippen molar-refractivity contribution in [3.63, 3.8) is 0 Å². The molecule has 0 bridgehead atoms. The van der Waals surface area contributed by atoms with E-state index in [2.05, 4.69) is 10.5 Å². The molecule has 1 fully saturated rings. The highest BCUT2D eigenvalue weighted by Gasteiger charge is 2.35. The summed E-state index contributed by atoms with van der Waals surface area (Å²) >= 11 is 0. The summed E-state index contributed by atoms with van der Waals surface area (Å²) < 4.78 is 5.83. The summed E-state index contributed by atoms with van der Waals surface area (Å²) in [7, 11) is 0. The van der Waals surface area contributed by atoms with Crippen molar-refractivity contribution in [3.8, 4) is 0 Å². The molecule has 1 aliphatic carbocycles. The third kappa shape index (κ3) is 9.74. The molecule has 0 aromatic heterocycles. The molecule has 10 heteroatoms. The zero-order chi connectivity index (χ0) is 27.2. The van der Waals surface area contributed by atoms with Crippen LogP contribution in [-0.2, 0) is 30.5 Å². The van der Waals surface area contributed by atoms with Crippen LogP contribution in [0.15, 0.2) is 41.5 Å². The lowest BCUT2D eigenvalue weighted by Gasteiger charge is -2.39. The number of nitrogens with one attached hydrogen (secondary N) is 2. The lowest BCUT2D eigenvalue weighted by Crippen LogP contribution is -2.49. The maximum atomic E-state index is 13.2. The minimum Gasteiger partial charge on any atom is -0.460 e. The van der Waals surface area contributed by atoms with Gasteiger partial charge in [-0.3, -0.25) is 24.4 Å². The lowest BCUT2D eigenvalue weighted by atomic mass is 9.90. The Labute approximate surface area is 223 Å². The summed E-state index contributed by atoms with van der Waals surface area (Å²) in [6, 6.07) is 7.49. The minimum atomic E-state index is -0.474. The predicted octanol–water partition coefficient (Wildman–Crippen LogP) is 3.52. The number of esters is 1. The maximum absolute atomic E-state index is 13.2. The van der Waals surface area contributed by atoms with Crippen molar-refractivity contribution < 1.29 is 29.1 Å². The van der Waals surface area contributed by atoms with Crippen molar-refractivity contribution in [2.45, 2.75) is 95.7 Å². The molecule has 1 aliphatic heterocycles. The van der Waals surface area contributed by atoms with E-state index in [1.54, 1.807) is 11.7 Å². The maximum Gasteiger partial charge on any atom is 0.306 e. The SMILES string of the molecule is O=C(CCCCC(=O)N/N=C/c1ccc(CN2C(=O)CC/C=C/CCC(=O)O[C@@H]3CCCC[C@H]32)cc1)NO. The number of ether oxygens (including phenoxy) is 1. The molecule has 3 rings (SSSR count).